The molecule has 1 aliphatic heterocycles. The molecule has 1 atom stereocenters. The SMILES string of the molecule is C=C(CCC1CC=CCC1)N=C1CN(C)C(=O)N1C(=O)NCC. The highest BCUT2D eigenvalue weighted by atomic mass is 16.2. The molecule has 0 spiro atoms. The molecule has 2 aliphatic rings. The zero-order valence-corrected chi connectivity index (χ0v) is 14.0. The van der Waals surface area contributed by atoms with Crippen molar-refractivity contribution in [2.24, 2.45) is 10.9 Å². The quantitative estimate of drug-likeness (QED) is 0.791. The van der Waals surface area contributed by atoms with Gasteiger partial charge in [-0.1, -0.05) is 18.7 Å². The van der Waals surface area contributed by atoms with Crippen molar-refractivity contribution >= 4 is 17.9 Å². The van der Waals surface area contributed by atoms with Gasteiger partial charge >= 0.3 is 12.1 Å². The Labute approximate surface area is 137 Å². The zero-order chi connectivity index (χ0) is 16.8. The summed E-state index contributed by atoms with van der Waals surface area (Å²) in [6, 6.07) is -0.772. The van der Waals surface area contributed by atoms with Crippen LogP contribution in [0.4, 0.5) is 9.59 Å². The van der Waals surface area contributed by atoms with Crippen LogP contribution in [0.2, 0.25) is 0 Å². The molecule has 23 heavy (non-hydrogen) atoms. The van der Waals surface area contributed by atoms with E-state index in [9.17, 15) is 9.59 Å². The molecule has 126 valence electrons. The number of urea groups is 2. The van der Waals surface area contributed by atoms with Gasteiger partial charge in [0.2, 0.25) is 0 Å². The number of likely N-dealkylation sites (N-methyl/N-ethyl adjacent to an activating group) is 1. The van der Waals surface area contributed by atoms with Gasteiger partial charge in [0.15, 0.2) is 0 Å². The smallest absolute Gasteiger partial charge is 0.334 e. The Morgan fingerprint density at radius 2 is 2.26 bits per heavy atom. The van der Waals surface area contributed by atoms with Gasteiger partial charge in [0.1, 0.15) is 5.84 Å². The van der Waals surface area contributed by atoms with Crippen molar-refractivity contribution in [3.63, 3.8) is 0 Å². The third-order valence-electron chi connectivity index (χ3n) is 4.19. The van der Waals surface area contributed by atoms with E-state index in [1.807, 2.05) is 6.92 Å². The van der Waals surface area contributed by atoms with Gasteiger partial charge in [-0.3, -0.25) is 0 Å². The summed E-state index contributed by atoms with van der Waals surface area (Å²) in [6.07, 6.45) is 9.80. The molecule has 4 amide bonds. The molecule has 0 aromatic rings. The number of nitrogens with zero attached hydrogens (tertiary/aromatic N) is 3. The second-order valence-corrected chi connectivity index (χ2v) is 6.09. The van der Waals surface area contributed by atoms with Crippen LogP contribution in [0.25, 0.3) is 0 Å². The van der Waals surface area contributed by atoms with Crippen molar-refractivity contribution in [2.45, 2.75) is 39.0 Å². The first-order valence-electron chi connectivity index (χ1n) is 8.26. The lowest BCUT2D eigenvalue weighted by Crippen LogP contribution is -2.44. The van der Waals surface area contributed by atoms with Crippen molar-refractivity contribution in [1.82, 2.24) is 15.1 Å². The fourth-order valence-electron chi connectivity index (χ4n) is 2.88. The lowest BCUT2D eigenvalue weighted by Gasteiger charge is -2.18. The van der Waals surface area contributed by atoms with E-state index in [1.54, 1.807) is 7.05 Å². The van der Waals surface area contributed by atoms with Crippen LogP contribution in [0.5, 0.6) is 0 Å². The van der Waals surface area contributed by atoms with Gasteiger partial charge in [-0.05, 0) is 44.9 Å². The number of hydrogen-bond donors (Lipinski definition) is 1. The van der Waals surface area contributed by atoms with Crippen molar-refractivity contribution in [3.05, 3.63) is 24.4 Å². The minimum atomic E-state index is -0.425. The number of imide groups is 1. The molecular formula is C17H26N4O2. The average Bonchev–Trinajstić information content (AvgIpc) is 2.81. The van der Waals surface area contributed by atoms with Crippen LogP contribution in [0.1, 0.15) is 39.0 Å². The highest BCUT2D eigenvalue weighted by Gasteiger charge is 2.36. The van der Waals surface area contributed by atoms with Gasteiger partial charge in [0.25, 0.3) is 0 Å². The summed E-state index contributed by atoms with van der Waals surface area (Å²) in [5.74, 6) is 1.14. The topological polar surface area (TPSA) is 65.0 Å². The van der Waals surface area contributed by atoms with Crippen LogP contribution in [0.15, 0.2) is 29.4 Å². The van der Waals surface area contributed by atoms with Gasteiger partial charge in [-0.2, -0.15) is 4.90 Å². The summed E-state index contributed by atoms with van der Waals surface area (Å²) in [5, 5.41) is 2.65. The largest absolute Gasteiger partial charge is 0.338 e. The first kappa shape index (κ1) is 17.2. The molecular weight excluding hydrogens is 292 g/mol. The second kappa shape index (κ2) is 7.94. The molecule has 0 bridgehead atoms. The van der Waals surface area contributed by atoms with Crippen LogP contribution in [0.3, 0.4) is 0 Å². The molecule has 1 fully saturated rings. The molecule has 1 heterocycles. The first-order valence-corrected chi connectivity index (χ1v) is 8.26. The molecule has 1 aliphatic carbocycles. The second-order valence-electron chi connectivity index (χ2n) is 6.09. The van der Waals surface area contributed by atoms with Crippen LogP contribution in [0, 0.1) is 5.92 Å². The Bertz CT molecular complexity index is 539. The summed E-state index contributed by atoms with van der Waals surface area (Å²) in [6.45, 7) is 6.62. The Balaban J connectivity index is 1.97. The summed E-state index contributed by atoms with van der Waals surface area (Å²) in [7, 11) is 1.66. The Hall–Kier alpha value is -2.11. The standard InChI is InChI=1S/C17H26N4O2/c1-4-18-16(22)21-15(12-20(3)17(21)23)19-13(2)10-11-14-8-6-5-7-9-14/h5-6,14H,2,4,7-12H2,1,3H3,(H,18,22). The van der Waals surface area contributed by atoms with E-state index < -0.39 is 6.03 Å². The summed E-state index contributed by atoms with van der Waals surface area (Å²) < 4.78 is 0. The van der Waals surface area contributed by atoms with Crippen molar-refractivity contribution in [2.75, 3.05) is 20.1 Å². The maximum atomic E-state index is 12.1. The Kier molecular flexibility index (Phi) is 5.96. The summed E-state index contributed by atoms with van der Waals surface area (Å²) >= 11 is 0. The fourth-order valence-corrected chi connectivity index (χ4v) is 2.88. The van der Waals surface area contributed by atoms with E-state index in [1.165, 1.54) is 11.3 Å². The third kappa shape index (κ3) is 4.43. The highest BCUT2D eigenvalue weighted by Crippen LogP contribution is 2.25. The van der Waals surface area contributed by atoms with Crippen molar-refractivity contribution < 1.29 is 9.59 Å². The van der Waals surface area contributed by atoms with Crippen LogP contribution < -0.4 is 5.32 Å². The van der Waals surface area contributed by atoms with Crippen molar-refractivity contribution in [1.29, 1.82) is 0 Å². The number of carbonyl (C=O) groups is 2. The zero-order valence-electron chi connectivity index (χ0n) is 14.0. The normalized spacial score (nSPS) is 22.8. The number of carbonyl (C=O) groups excluding carboxylic acids is 2. The number of amidine groups is 1. The summed E-state index contributed by atoms with van der Waals surface area (Å²) in [4.78, 5) is 31.2. The lowest BCUT2D eigenvalue weighted by molar-refractivity contribution is 0.196. The highest BCUT2D eigenvalue weighted by molar-refractivity contribution is 6.16. The van der Waals surface area contributed by atoms with Gasteiger partial charge in [0.05, 0.1) is 6.54 Å². The predicted molar refractivity (Wildman–Crippen MR) is 91.2 cm³/mol. The molecule has 1 unspecified atom stereocenters. The monoisotopic (exact) mass is 318 g/mol. The van der Waals surface area contributed by atoms with Gasteiger partial charge in [-0.25, -0.2) is 14.6 Å². The van der Waals surface area contributed by atoms with Gasteiger partial charge < -0.3 is 10.2 Å². The third-order valence-corrected chi connectivity index (χ3v) is 4.19. The van der Waals surface area contributed by atoms with Crippen LogP contribution in [-0.2, 0) is 0 Å². The minimum absolute atomic E-state index is 0.334. The number of nitrogens with one attached hydrogen (secondary N) is 1. The molecule has 1 saturated heterocycles. The van der Waals surface area contributed by atoms with Gasteiger partial charge in [0, 0.05) is 19.3 Å². The number of allylic oxidation sites excluding steroid dienone is 3. The van der Waals surface area contributed by atoms with E-state index in [0.717, 1.165) is 36.3 Å². The molecule has 6 heteroatoms. The van der Waals surface area contributed by atoms with Crippen LogP contribution in [-0.4, -0.2) is 47.8 Å². The summed E-state index contributed by atoms with van der Waals surface area (Å²) in [5.41, 5.74) is 0.729. The maximum Gasteiger partial charge on any atom is 0.334 e. The molecule has 0 radical (unpaired) electrons. The molecule has 0 aromatic heterocycles. The van der Waals surface area contributed by atoms with Gasteiger partial charge in [-0.15, -0.1) is 0 Å². The molecule has 1 N–H and O–H groups in total. The van der Waals surface area contributed by atoms with Crippen molar-refractivity contribution in [3.8, 4) is 0 Å². The molecule has 6 nitrogen and oxygen atoms in total. The lowest BCUT2D eigenvalue weighted by atomic mass is 9.90. The minimum Gasteiger partial charge on any atom is -0.338 e. The number of aliphatic imine (C=N–C) groups is 1. The van der Waals surface area contributed by atoms with E-state index in [4.69, 9.17) is 0 Å². The Morgan fingerprint density at radius 3 is 2.91 bits per heavy atom. The first-order chi connectivity index (χ1) is 11.0. The fraction of sp³-hybridized carbons (Fsp3) is 0.588. The predicted octanol–water partition coefficient (Wildman–Crippen LogP) is 3.13. The number of rotatable bonds is 5. The number of hydrogen-bond acceptors (Lipinski definition) is 3. The molecule has 0 saturated carbocycles. The van der Waals surface area contributed by atoms with E-state index in [0.29, 0.717) is 24.8 Å². The van der Waals surface area contributed by atoms with Crippen LogP contribution >= 0.6 is 0 Å². The maximum absolute atomic E-state index is 12.1. The molecule has 2 rings (SSSR count). The van der Waals surface area contributed by atoms with E-state index >= 15 is 0 Å². The Morgan fingerprint density at radius 1 is 1.48 bits per heavy atom. The van der Waals surface area contributed by atoms with E-state index in [-0.39, 0.29) is 6.03 Å². The average molecular weight is 318 g/mol. The van der Waals surface area contributed by atoms with E-state index in [2.05, 4.69) is 29.0 Å². The number of amides is 4. The molecule has 0 aromatic carbocycles.